The highest BCUT2D eigenvalue weighted by molar-refractivity contribution is 8.00. The van der Waals surface area contributed by atoms with Crippen molar-refractivity contribution in [3.05, 3.63) is 36.7 Å². The minimum absolute atomic E-state index is 0.532. The fraction of sp³-hybridized carbons (Fsp3) is 0.111. The van der Waals surface area contributed by atoms with E-state index in [1.165, 1.54) is 23.1 Å². The number of halogens is 3. The van der Waals surface area contributed by atoms with Gasteiger partial charge in [0.2, 0.25) is 0 Å². The normalized spacial score (nSPS) is 10.8. The lowest BCUT2D eigenvalue weighted by atomic mass is 10.2. The van der Waals surface area contributed by atoms with Crippen LogP contribution >= 0.6 is 70.1 Å². The maximum Gasteiger partial charge on any atom is 0.177 e. The standard InChI is InChI=1S/C9H5Cl3N2S3/c10-4-1-6(11)5(7(12)2-4)3-16-9-14-13-8(15)17-9/h1-2H,3H2,(H,13,15). The molecule has 0 aliphatic carbocycles. The first-order chi connectivity index (χ1) is 8.06. The first kappa shape index (κ1) is 13.6. The lowest BCUT2D eigenvalue weighted by Crippen LogP contribution is -1.85. The van der Waals surface area contributed by atoms with Gasteiger partial charge >= 0.3 is 0 Å². The fourth-order valence-electron chi connectivity index (χ4n) is 1.12. The smallest absolute Gasteiger partial charge is 0.177 e. The summed E-state index contributed by atoms with van der Waals surface area (Å²) in [7, 11) is 0. The number of aromatic amines is 1. The van der Waals surface area contributed by atoms with Crippen LogP contribution in [0.5, 0.6) is 0 Å². The van der Waals surface area contributed by atoms with Crippen molar-refractivity contribution in [2.24, 2.45) is 0 Å². The zero-order chi connectivity index (χ0) is 12.4. The molecule has 2 aromatic rings. The summed E-state index contributed by atoms with van der Waals surface area (Å²) in [5, 5.41) is 8.43. The van der Waals surface area contributed by atoms with E-state index >= 15 is 0 Å². The summed E-state index contributed by atoms with van der Waals surface area (Å²) < 4.78 is 1.51. The molecule has 0 fully saturated rings. The van der Waals surface area contributed by atoms with Crippen LogP contribution in [0.2, 0.25) is 15.1 Å². The van der Waals surface area contributed by atoms with Gasteiger partial charge in [-0.3, -0.25) is 5.10 Å². The molecule has 2 nitrogen and oxygen atoms in total. The Morgan fingerprint density at radius 2 is 1.94 bits per heavy atom. The monoisotopic (exact) mass is 342 g/mol. The molecule has 0 bridgehead atoms. The van der Waals surface area contributed by atoms with Crippen molar-refractivity contribution in [2.45, 2.75) is 10.1 Å². The molecule has 1 aromatic heterocycles. The van der Waals surface area contributed by atoms with E-state index in [2.05, 4.69) is 10.2 Å². The second-order valence-corrected chi connectivity index (χ2v) is 7.15. The molecule has 2 rings (SSSR count). The molecule has 1 aromatic carbocycles. The zero-order valence-corrected chi connectivity index (χ0v) is 12.9. The van der Waals surface area contributed by atoms with Crippen LogP contribution in [0.4, 0.5) is 0 Å². The number of rotatable bonds is 3. The molecule has 0 saturated carbocycles. The van der Waals surface area contributed by atoms with Gasteiger partial charge in [-0.05, 0) is 29.9 Å². The van der Waals surface area contributed by atoms with Crippen molar-refractivity contribution in [2.75, 3.05) is 0 Å². The average molecular weight is 344 g/mol. The predicted molar refractivity (Wildman–Crippen MR) is 78.3 cm³/mol. The number of H-pyrrole nitrogens is 1. The summed E-state index contributed by atoms with van der Waals surface area (Å²) >= 11 is 25.9. The number of hydrogen-bond acceptors (Lipinski definition) is 4. The molecule has 17 heavy (non-hydrogen) atoms. The lowest BCUT2D eigenvalue weighted by Gasteiger charge is -2.05. The third-order valence-electron chi connectivity index (χ3n) is 1.86. The van der Waals surface area contributed by atoms with Crippen LogP contribution < -0.4 is 0 Å². The van der Waals surface area contributed by atoms with Gasteiger partial charge in [0.05, 0.1) is 0 Å². The van der Waals surface area contributed by atoms with Crippen molar-refractivity contribution >= 4 is 70.1 Å². The third-order valence-corrected chi connectivity index (χ3v) is 5.02. The van der Waals surface area contributed by atoms with E-state index in [-0.39, 0.29) is 0 Å². The highest BCUT2D eigenvalue weighted by Gasteiger charge is 2.09. The summed E-state index contributed by atoms with van der Waals surface area (Å²) in [6, 6.07) is 3.36. The van der Waals surface area contributed by atoms with Gasteiger partial charge in [-0.25, -0.2) is 0 Å². The molecule has 0 unspecified atom stereocenters. The Morgan fingerprint density at radius 1 is 1.29 bits per heavy atom. The van der Waals surface area contributed by atoms with E-state index in [9.17, 15) is 0 Å². The molecule has 0 amide bonds. The summed E-state index contributed by atoms with van der Waals surface area (Å²) in [6.45, 7) is 0. The van der Waals surface area contributed by atoms with E-state index in [1.807, 2.05) is 0 Å². The molecule has 0 saturated heterocycles. The molecule has 0 atom stereocenters. The molecule has 1 heterocycles. The van der Waals surface area contributed by atoms with Gasteiger partial charge in [-0.1, -0.05) is 57.9 Å². The molecular formula is C9H5Cl3N2S3. The van der Waals surface area contributed by atoms with Gasteiger partial charge in [0, 0.05) is 20.8 Å². The van der Waals surface area contributed by atoms with Crippen LogP contribution in [-0.2, 0) is 5.75 Å². The second kappa shape index (κ2) is 5.91. The van der Waals surface area contributed by atoms with E-state index in [4.69, 9.17) is 47.0 Å². The molecule has 8 heteroatoms. The van der Waals surface area contributed by atoms with Gasteiger partial charge < -0.3 is 0 Å². The number of aromatic nitrogens is 2. The van der Waals surface area contributed by atoms with E-state index in [0.29, 0.717) is 24.8 Å². The van der Waals surface area contributed by atoms with Gasteiger partial charge in [-0.2, -0.15) is 5.10 Å². The molecule has 1 N–H and O–H groups in total. The highest BCUT2D eigenvalue weighted by atomic mass is 35.5. The van der Waals surface area contributed by atoms with Gasteiger partial charge in [0.25, 0.3) is 0 Å². The van der Waals surface area contributed by atoms with Crippen LogP contribution in [-0.4, -0.2) is 10.2 Å². The number of nitrogens with one attached hydrogen (secondary N) is 1. The van der Waals surface area contributed by atoms with Crippen LogP contribution in [0.15, 0.2) is 16.5 Å². The first-order valence-electron chi connectivity index (χ1n) is 4.38. The van der Waals surface area contributed by atoms with Crippen LogP contribution in [0.3, 0.4) is 0 Å². The minimum atomic E-state index is 0.532. The largest absolute Gasteiger partial charge is 0.257 e. The van der Waals surface area contributed by atoms with Crippen molar-refractivity contribution < 1.29 is 0 Å². The zero-order valence-electron chi connectivity index (χ0n) is 8.17. The van der Waals surface area contributed by atoms with Crippen LogP contribution in [0, 0.1) is 3.95 Å². The summed E-state index contributed by atoms with van der Waals surface area (Å²) in [5.41, 5.74) is 0.851. The molecule has 0 aliphatic rings. The van der Waals surface area contributed by atoms with Gasteiger partial charge in [0.15, 0.2) is 8.29 Å². The van der Waals surface area contributed by atoms with Gasteiger partial charge in [-0.15, -0.1) is 0 Å². The SMILES string of the molecule is S=c1[nH]nc(SCc2c(Cl)cc(Cl)cc2Cl)s1. The van der Waals surface area contributed by atoms with E-state index in [0.717, 1.165) is 9.90 Å². The number of benzene rings is 1. The first-order valence-corrected chi connectivity index (χ1v) is 7.72. The Morgan fingerprint density at radius 3 is 2.47 bits per heavy atom. The third kappa shape index (κ3) is 3.59. The van der Waals surface area contributed by atoms with Crippen molar-refractivity contribution in [3.8, 4) is 0 Å². The average Bonchev–Trinajstić information content (AvgIpc) is 2.62. The predicted octanol–water partition coefficient (Wildman–Crippen LogP) is 5.45. The fourth-order valence-corrected chi connectivity index (χ4v) is 4.36. The molecule has 90 valence electrons. The van der Waals surface area contributed by atoms with E-state index < -0.39 is 0 Å². The lowest BCUT2D eigenvalue weighted by molar-refractivity contribution is 1.00. The van der Waals surface area contributed by atoms with Crippen molar-refractivity contribution in [3.63, 3.8) is 0 Å². The summed E-state index contributed by atoms with van der Waals surface area (Å²) in [5.74, 6) is 0.630. The topological polar surface area (TPSA) is 28.7 Å². The Bertz CT molecular complexity index is 570. The quantitative estimate of drug-likeness (QED) is 0.593. The van der Waals surface area contributed by atoms with E-state index in [1.54, 1.807) is 12.1 Å². The number of hydrogen-bond donors (Lipinski definition) is 1. The van der Waals surface area contributed by atoms with Crippen LogP contribution in [0.1, 0.15) is 5.56 Å². The molecule has 0 radical (unpaired) electrons. The second-order valence-electron chi connectivity index (χ2n) is 3.02. The number of nitrogens with zero attached hydrogens (tertiary/aromatic N) is 1. The minimum Gasteiger partial charge on any atom is -0.257 e. The Kier molecular flexibility index (Phi) is 4.74. The van der Waals surface area contributed by atoms with Crippen molar-refractivity contribution in [1.82, 2.24) is 10.2 Å². The molecule has 0 spiro atoms. The maximum atomic E-state index is 6.08. The van der Waals surface area contributed by atoms with Gasteiger partial charge in [0.1, 0.15) is 0 Å². The highest BCUT2D eigenvalue weighted by Crippen LogP contribution is 2.34. The molecule has 0 aliphatic heterocycles. The Hall–Kier alpha value is 0.220. The number of thioether (sulfide) groups is 1. The van der Waals surface area contributed by atoms with Crippen LogP contribution in [0.25, 0.3) is 0 Å². The summed E-state index contributed by atoms with van der Waals surface area (Å²) in [4.78, 5) is 0. The summed E-state index contributed by atoms with van der Waals surface area (Å²) in [6.07, 6.45) is 0. The van der Waals surface area contributed by atoms with Crippen molar-refractivity contribution in [1.29, 1.82) is 0 Å². The Labute approximate surface area is 126 Å². The Balaban J connectivity index is 2.16. The molecular weight excluding hydrogens is 339 g/mol. The maximum absolute atomic E-state index is 6.08.